The summed E-state index contributed by atoms with van der Waals surface area (Å²) in [6, 6.07) is 0. The number of hydrogen-bond donors (Lipinski definition) is 2. The van der Waals surface area contributed by atoms with E-state index in [9.17, 15) is 4.79 Å². The van der Waals surface area contributed by atoms with Crippen LogP contribution in [0.4, 0.5) is 0 Å². The van der Waals surface area contributed by atoms with E-state index in [4.69, 9.17) is 5.73 Å². The van der Waals surface area contributed by atoms with Crippen LogP contribution in [-0.4, -0.2) is 43.0 Å². The van der Waals surface area contributed by atoms with Crippen molar-refractivity contribution >= 4 is 5.91 Å². The quantitative estimate of drug-likeness (QED) is 0.648. The number of amides is 1. The van der Waals surface area contributed by atoms with Crippen LogP contribution in [0.1, 0.15) is 34.1 Å². The van der Waals surface area contributed by atoms with Crippen LogP contribution >= 0.6 is 0 Å². The van der Waals surface area contributed by atoms with E-state index in [1.807, 2.05) is 20.9 Å². The molecule has 0 aromatic heterocycles. The third-order valence-corrected chi connectivity index (χ3v) is 3.02. The van der Waals surface area contributed by atoms with Crippen LogP contribution in [0.5, 0.6) is 0 Å². The molecule has 0 fully saturated rings. The Balaban J connectivity index is 4.34. The second-order valence-electron chi connectivity index (χ2n) is 4.94. The number of nitrogens with zero attached hydrogens (tertiary/aromatic N) is 1. The molecule has 0 aromatic rings. The summed E-state index contributed by atoms with van der Waals surface area (Å²) in [7, 11) is 2.03. The molecule has 0 aromatic carbocycles. The summed E-state index contributed by atoms with van der Waals surface area (Å²) in [5, 5.41) is 3.16. The highest BCUT2D eigenvalue weighted by Gasteiger charge is 2.31. The van der Waals surface area contributed by atoms with Crippen molar-refractivity contribution in [1.82, 2.24) is 10.2 Å². The molecule has 2 unspecified atom stereocenters. The predicted octanol–water partition coefficient (Wildman–Crippen LogP) is 0.818. The maximum absolute atomic E-state index is 11.4. The van der Waals surface area contributed by atoms with Gasteiger partial charge in [-0.1, -0.05) is 27.2 Å². The molecule has 0 radical (unpaired) electrons. The normalized spacial score (nSPS) is 17.1. The molecule has 0 bridgehead atoms. The number of rotatable bonds is 8. The number of primary amides is 1. The zero-order valence-corrected chi connectivity index (χ0v) is 11.3. The summed E-state index contributed by atoms with van der Waals surface area (Å²) >= 11 is 0. The van der Waals surface area contributed by atoms with Gasteiger partial charge in [-0.2, -0.15) is 0 Å². The molecule has 0 saturated heterocycles. The Hall–Kier alpha value is -0.610. The molecule has 4 nitrogen and oxygen atoms in total. The predicted molar refractivity (Wildman–Crippen MR) is 68.2 cm³/mol. The number of carbonyl (C=O) groups is 1. The van der Waals surface area contributed by atoms with Gasteiger partial charge in [0.1, 0.15) is 5.54 Å². The first-order valence-corrected chi connectivity index (χ1v) is 6.09. The van der Waals surface area contributed by atoms with Gasteiger partial charge in [0.15, 0.2) is 0 Å². The number of hydrogen-bond acceptors (Lipinski definition) is 3. The van der Waals surface area contributed by atoms with Gasteiger partial charge in [-0.15, -0.1) is 0 Å². The lowest BCUT2D eigenvalue weighted by Gasteiger charge is -2.32. The van der Waals surface area contributed by atoms with Crippen LogP contribution in [-0.2, 0) is 4.79 Å². The highest BCUT2D eigenvalue weighted by Crippen LogP contribution is 2.08. The minimum atomic E-state index is -0.628. The summed E-state index contributed by atoms with van der Waals surface area (Å²) in [5.74, 6) is 0.356. The van der Waals surface area contributed by atoms with Crippen molar-refractivity contribution in [2.24, 2.45) is 11.7 Å². The highest BCUT2D eigenvalue weighted by molar-refractivity contribution is 5.84. The Morgan fingerprint density at radius 2 is 2.06 bits per heavy atom. The van der Waals surface area contributed by atoms with Crippen LogP contribution in [0.15, 0.2) is 0 Å². The van der Waals surface area contributed by atoms with Crippen molar-refractivity contribution < 1.29 is 4.79 Å². The van der Waals surface area contributed by atoms with Gasteiger partial charge in [0, 0.05) is 13.1 Å². The van der Waals surface area contributed by atoms with Gasteiger partial charge < -0.3 is 16.0 Å². The van der Waals surface area contributed by atoms with E-state index >= 15 is 0 Å². The van der Waals surface area contributed by atoms with E-state index in [2.05, 4.69) is 24.1 Å². The fraction of sp³-hybridized carbons (Fsp3) is 0.917. The van der Waals surface area contributed by atoms with Gasteiger partial charge in [0.25, 0.3) is 0 Å². The van der Waals surface area contributed by atoms with E-state index in [1.165, 1.54) is 0 Å². The van der Waals surface area contributed by atoms with Crippen LogP contribution < -0.4 is 11.1 Å². The van der Waals surface area contributed by atoms with Gasteiger partial charge in [-0.05, 0) is 26.4 Å². The number of carbonyl (C=O) groups excluding carboxylic acids is 1. The third kappa shape index (κ3) is 4.94. The lowest BCUT2D eigenvalue weighted by atomic mass is 10.00. The van der Waals surface area contributed by atoms with Gasteiger partial charge in [-0.25, -0.2) is 0 Å². The maximum Gasteiger partial charge on any atom is 0.238 e. The molecule has 0 spiro atoms. The summed E-state index contributed by atoms with van der Waals surface area (Å²) in [5.41, 5.74) is 4.81. The van der Waals surface area contributed by atoms with E-state index in [-0.39, 0.29) is 5.91 Å². The molecule has 1 amide bonds. The second-order valence-corrected chi connectivity index (χ2v) is 4.94. The largest absolute Gasteiger partial charge is 0.368 e. The van der Waals surface area contributed by atoms with Crippen molar-refractivity contribution in [3.63, 3.8) is 0 Å². The zero-order valence-electron chi connectivity index (χ0n) is 11.3. The van der Waals surface area contributed by atoms with Crippen molar-refractivity contribution in [2.75, 3.05) is 26.7 Å². The Morgan fingerprint density at radius 1 is 1.50 bits per heavy atom. The first-order valence-electron chi connectivity index (χ1n) is 6.09. The van der Waals surface area contributed by atoms with Crippen LogP contribution in [0.2, 0.25) is 0 Å². The number of nitrogens with two attached hydrogens (primary N) is 1. The SMILES string of the molecule is CCNC(C)(CN(C)CC(C)CC)C(N)=O. The van der Waals surface area contributed by atoms with Crippen molar-refractivity contribution in [2.45, 2.75) is 39.7 Å². The third-order valence-electron chi connectivity index (χ3n) is 3.02. The molecule has 0 rings (SSSR count). The Kier molecular flexibility index (Phi) is 6.60. The first kappa shape index (κ1) is 15.4. The minimum Gasteiger partial charge on any atom is -0.368 e. The van der Waals surface area contributed by atoms with E-state index in [0.717, 1.165) is 19.5 Å². The number of likely N-dealkylation sites (N-methyl/N-ethyl adjacent to an activating group) is 2. The molecule has 96 valence electrons. The van der Waals surface area contributed by atoms with E-state index in [0.29, 0.717) is 12.5 Å². The molecule has 3 N–H and O–H groups in total. The average Bonchev–Trinajstić information content (AvgIpc) is 2.17. The Bertz CT molecular complexity index is 220. The molecule has 0 aliphatic rings. The zero-order chi connectivity index (χ0) is 12.8. The molecule has 0 saturated carbocycles. The van der Waals surface area contributed by atoms with Crippen LogP contribution in [0, 0.1) is 5.92 Å². The fourth-order valence-corrected chi connectivity index (χ4v) is 1.88. The summed E-state index contributed by atoms with van der Waals surface area (Å²) in [6.07, 6.45) is 1.15. The monoisotopic (exact) mass is 229 g/mol. The van der Waals surface area contributed by atoms with Gasteiger partial charge >= 0.3 is 0 Å². The lowest BCUT2D eigenvalue weighted by Crippen LogP contribution is -2.59. The first-order chi connectivity index (χ1) is 7.35. The molecule has 0 aliphatic heterocycles. The van der Waals surface area contributed by atoms with Gasteiger partial charge in [0.2, 0.25) is 5.91 Å². The summed E-state index contributed by atoms with van der Waals surface area (Å²) in [4.78, 5) is 13.6. The molecule has 2 atom stereocenters. The Morgan fingerprint density at radius 3 is 2.44 bits per heavy atom. The van der Waals surface area contributed by atoms with Crippen molar-refractivity contribution in [3.8, 4) is 0 Å². The fourth-order valence-electron chi connectivity index (χ4n) is 1.88. The van der Waals surface area contributed by atoms with Crippen molar-refractivity contribution in [1.29, 1.82) is 0 Å². The van der Waals surface area contributed by atoms with Gasteiger partial charge in [0.05, 0.1) is 0 Å². The molecule has 16 heavy (non-hydrogen) atoms. The topological polar surface area (TPSA) is 58.4 Å². The van der Waals surface area contributed by atoms with E-state index in [1.54, 1.807) is 0 Å². The molecule has 0 aliphatic carbocycles. The molecular formula is C12H27N3O. The lowest BCUT2D eigenvalue weighted by molar-refractivity contribution is -0.124. The van der Waals surface area contributed by atoms with Crippen LogP contribution in [0.3, 0.4) is 0 Å². The molecule has 4 heteroatoms. The highest BCUT2D eigenvalue weighted by atomic mass is 16.1. The summed E-state index contributed by atoms with van der Waals surface area (Å²) < 4.78 is 0. The minimum absolute atomic E-state index is 0.287. The smallest absolute Gasteiger partial charge is 0.238 e. The maximum atomic E-state index is 11.4. The van der Waals surface area contributed by atoms with E-state index < -0.39 is 5.54 Å². The molecule has 0 heterocycles. The second kappa shape index (κ2) is 6.86. The average molecular weight is 229 g/mol. The molecular weight excluding hydrogens is 202 g/mol. The van der Waals surface area contributed by atoms with Gasteiger partial charge in [-0.3, -0.25) is 4.79 Å². The van der Waals surface area contributed by atoms with Crippen molar-refractivity contribution in [3.05, 3.63) is 0 Å². The Labute approximate surface area is 99.6 Å². The number of nitrogens with one attached hydrogen (secondary N) is 1. The summed E-state index contributed by atoms with van der Waals surface area (Å²) in [6.45, 7) is 10.6. The standard InChI is InChI=1S/C12H27N3O/c1-6-10(3)8-15(5)9-12(4,11(13)16)14-7-2/h10,14H,6-9H2,1-5H3,(H2,13,16). The van der Waals surface area contributed by atoms with Crippen LogP contribution in [0.25, 0.3) is 0 Å².